The predicted octanol–water partition coefficient (Wildman–Crippen LogP) is 15.8. The topological polar surface area (TPSA) is 38.9 Å². The van der Waals surface area contributed by atoms with Gasteiger partial charge in [-0.15, -0.1) is 0 Å². The molecule has 3 nitrogen and oxygen atoms in total. The third-order valence-corrected chi connectivity index (χ3v) is 12.1. The van der Waals surface area contributed by atoms with Crippen LogP contribution in [0.15, 0.2) is 223 Å². The van der Waals surface area contributed by atoms with E-state index in [0.717, 1.165) is 66.7 Å². The molecule has 0 saturated heterocycles. The summed E-state index contributed by atoms with van der Waals surface area (Å²) in [6.07, 6.45) is 0. The monoisotopic (exact) mass is 776 g/mol. The first kappa shape index (κ1) is 34.9. The van der Waals surface area contributed by atoms with Gasteiger partial charge in [-0.3, -0.25) is 0 Å². The van der Waals surface area contributed by atoms with Crippen LogP contribution in [0.4, 0.5) is 0 Å². The molecule has 61 heavy (non-hydrogen) atoms. The van der Waals surface area contributed by atoms with E-state index in [2.05, 4.69) is 200 Å². The van der Waals surface area contributed by atoms with Crippen molar-refractivity contribution in [3.05, 3.63) is 218 Å². The standard InChI is InChI=1S/C58H36N2O/c1-2-11-37(12-3-1)38-21-27-42(28-22-38)58-59-53(36-54(60-58)46-16-10-15-43(33-46)44-30-31-50-49-19-8-9-20-55(49)61-56(50)35-44)40-23-25-41(26-24-40)57-48-18-7-5-14-45(48)34-52-47-17-6-4-13-39(47)29-32-51(52)57/h1-36H. The number of benzene rings is 10. The molecule has 284 valence electrons. The van der Waals surface area contributed by atoms with Gasteiger partial charge in [-0.25, -0.2) is 9.97 Å². The first-order valence-corrected chi connectivity index (χ1v) is 20.7. The molecule has 12 rings (SSSR count). The maximum Gasteiger partial charge on any atom is 0.160 e. The molecule has 0 atom stereocenters. The summed E-state index contributed by atoms with van der Waals surface area (Å²) in [5.41, 5.74) is 13.4. The molecule has 0 aliphatic heterocycles. The summed E-state index contributed by atoms with van der Waals surface area (Å²) < 4.78 is 6.27. The zero-order valence-electron chi connectivity index (χ0n) is 33.1. The first-order chi connectivity index (χ1) is 30.2. The Balaban J connectivity index is 0.978. The smallest absolute Gasteiger partial charge is 0.160 e. The molecule has 0 spiro atoms. The highest BCUT2D eigenvalue weighted by atomic mass is 16.3. The number of nitrogens with zero attached hydrogens (tertiary/aromatic N) is 2. The quantitative estimate of drug-likeness (QED) is 0.125. The lowest BCUT2D eigenvalue weighted by Gasteiger charge is -2.15. The average molecular weight is 777 g/mol. The van der Waals surface area contributed by atoms with Gasteiger partial charge in [0.2, 0.25) is 0 Å². The second kappa shape index (κ2) is 14.3. The van der Waals surface area contributed by atoms with E-state index in [9.17, 15) is 0 Å². The minimum Gasteiger partial charge on any atom is -0.456 e. The number of aromatic nitrogens is 2. The summed E-state index contributed by atoms with van der Waals surface area (Å²) >= 11 is 0. The van der Waals surface area contributed by atoms with Crippen molar-refractivity contribution in [1.29, 1.82) is 0 Å². The molecule has 3 heteroatoms. The summed E-state index contributed by atoms with van der Waals surface area (Å²) in [4.78, 5) is 10.5. The largest absolute Gasteiger partial charge is 0.456 e. The van der Waals surface area contributed by atoms with E-state index >= 15 is 0 Å². The molecule has 2 aromatic heterocycles. The van der Waals surface area contributed by atoms with Gasteiger partial charge in [0.1, 0.15) is 11.2 Å². The lowest BCUT2D eigenvalue weighted by molar-refractivity contribution is 0.669. The Morgan fingerprint density at radius 1 is 0.262 bits per heavy atom. The molecule has 0 saturated carbocycles. The van der Waals surface area contributed by atoms with E-state index in [4.69, 9.17) is 14.4 Å². The van der Waals surface area contributed by atoms with E-state index < -0.39 is 0 Å². The Bertz CT molecular complexity index is 3620. The van der Waals surface area contributed by atoms with Crippen molar-refractivity contribution in [2.45, 2.75) is 0 Å². The highest BCUT2D eigenvalue weighted by molar-refractivity contribution is 6.20. The lowest BCUT2D eigenvalue weighted by atomic mass is 9.89. The Labute approximate surface area is 352 Å². The van der Waals surface area contributed by atoms with Crippen molar-refractivity contribution in [2.24, 2.45) is 0 Å². The average Bonchev–Trinajstić information content (AvgIpc) is 3.71. The van der Waals surface area contributed by atoms with Crippen molar-refractivity contribution < 1.29 is 4.42 Å². The van der Waals surface area contributed by atoms with Crippen molar-refractivity contribution >= 4 is 54.3 Å². The van der Waals surface area contributed by atoms with E-state index in [1.54, 1.807) is 0 Å². The maximum atomic E-state index is 6.27. The van der Waals surface area contributed by atoms with Crippen molar-refractivity contribution in [3.63, 3.8) is 0 Å². The van der Waals surface area contributed by atoms with Crippen LogP contribution in [-0.2, 0) is 0 Å². The van der Waals surface area contributed by atoms with Gasteiger partial charge in [0.05, 0.1) is 11.4 Å². The molecule has 0 fully saturated rings. The van der Waals surface area contributed by atoms with E-state index in [1.807, 2.05) is 18.2 Å². The van der Waals surface area contributed by atoms with Gasteiger partial charge < -0.3 is 4.42 Å². The third-order valence-electron chi connectivity index (χ3n) is 12.1. The van der Waals surface area contributed by atoms with Crippen LogP contribution in [0.3, 0.4) is 0 Å². The van der Waals surface area contributed by atoms with Gasteiger partial charge in [0, 0.05) is 27.5 Å². The number of rotatable bonds is 6. The lowest BCUT2D eigenvalue weighted by Crippen LogP contribution is -1.96. The van der Waals surface area contributed by atoms with Gasteiger partial charge in [-0.05, 0) is 102 Å². The van der Waals surface area contributed by atoms with Crippen LogP contribution in [-0.4, -0.2) is 9.97 Å². The second-order valence-electron chi connectivity index (χ2n) is 15.7. The fraction of sp³-hybridized carbons (Fsp3) is 0. The van der Waals surface area contributed by atoms with Gasteiger partial charge in [0.25, 0.3) is 0 Å². The molecule has 0 unspecified atom stereocenters. The Morgan fingerprint density at radius 3 is 1.66 bits per heavy atom. The van der Waals surface area contributed by atoms with Gasteiger partial charge in [-0.2, -0.15) is 0 Å². The maximum absolute atomic E-state index is 6.27. The van der Waals surface area contributed by atoms with Crippen LogP contribution in [0.5, 0.6) is 0 Å². The predicted molar refractivity (Wildman–Crippen MR) is 254 cm³/mol. The van der Waals surface area contributed by atoms with Crippen LogP contribution in [0.2, 0.25) is 0 Å². The summed E-state index contributed by atoms with van der Waals surface area (Å²) in [6.45, 7) is 0. The first-order valence-electron chi connectivity index (χ1n) is 20.7. The molecule has 10 aromatic carbocycles. The number of fused-ring (bicyclic) bond motifs is 7. The highest BCUT2D eigenvalue weighted by Crippen LogP contribution is 2.41. The summed E-state index contributed by atoms with van der Waals surface area (Å²) in [7, 11) is 0. The SMILES string of the molecule is c1ccc(-c2ccc(-c3nc(-c4ccc(-c5c6ccccc6cc6c5ccc5ccccc56)cc4)cc(-c4cccc(-c5ccc6c(c5)oc5ccccc56)c4)n3)cc2)cc1. The Hall–Kier alpha value is -8.14. The number of furan rings is 1. The molecule has 0 aliphatic rings. The fourth-order valence-corrected chi connectivity index (χ4v) is 9.02. The molecule has 12 aromatic rings. The molecule has 0 radical (unpaired) electrons. The van der Waals surface area contributed by atoms with Gasteiger partial charge in [0.15, 0.2) is 5.82 Å². The summed E-state index contributed by atoms with van der Waals surface area (Å²) in [6, 6.07) is 77.6. The van der Waals surface area contributed by atoms with Crippen LogP contribution >= 0.6 is 0 Å². The van der Waals surface area contributed by atoms with Crippen molar-refractivity contribution in [1.82, 2.24) is 9.97 Å². The molecular formula is C58H36N2O. The third kappa shape index (κ3) is 6.14. The minimum atomic E-state index is 0.678. The molecule has 2 heterocycles. The van der Waals surface area contributed by atoms with Crippen LogP contribution in [0.25, 0.3) is 122 Å². The molecular weight excluding hydrogens is 741 g/mol. The molecule has 0 amide bonds. The van der Waals surface area contributed by atoms with Gasteiger partial charge >= 0.3 is 0 Å². The summed E-state index contributed by atoms with van der Waals surface area (Å²) in [5.74, 6) is 0.678. The number of hydrogen-bond donors (Lipinski definition) is 0. The van der Waals surface area contributed by atoms with E-state index in [0.29, 0.717) is 5.82 Å². The van der Waals surface area contributed by atoms with Crippen LogP contribution < -0.4 is 0 Å². The second-order valence-corrected chi connectivity index (χ2v) is 15.7. The Morgan fingerprint density at radius 2 is 0.820 bits per heavy atom. The van der Waals surface area contributed by atoms with Crippen molar-refractivity contribution in [2.75, 3.05) is 0 Å². The summed E-state index contributed by atoms with van der Waals surface area (Å²) in [5, 5.41) is 9.73. The van der Waals surface area contributed by atoms with E-state index in [1.165, 1.54) is 49.0 Å². The van der Waals surface area contributed by atoms with Crippen molar-refractivity contribution in [3.8, 4) is 67.3 Å². The molecule has 0 aliphatic carbocycles. The number of hydrogen-bond acceptors (Lipinski definition) is 3. The zero-order chi connectivity index (χ0) is 40.3. The zero-order valence-corrected chi connectivity index (χ0v) is 33.1. The van der Waals surface area contributed by atoms with Gasteiger partial charge in [-0.1, -0.05) is 182 Å². The van der Waals surface area contributed by atoms with Crippen LogP contribution in [0.1, 0.15) is 0 Å². The highest BCUT2D eigenvalue weighted by Gasteiger charge is 2.16. The fourth-order valence-electron chi connectivity index (χ4n) is 9.02. The van der Waals surface area contributed by atoms with Crippen LogP contribution in [0, 0.1) is 0 Å². The normalized spacial score (nSPS) is 11.6. The molecule has 0 bridgehead atoms. The number of para-hydroxylation sites is 1. The van der Waals surface area contributed by atoms with E-state index in [-0.39, 0.29) is 0 Å². The Kier molecular flexibility index (Phi) is 8.17. The minimum absolute atomic E-state index is 0.678. The molecule has 0 N–H and O–H groups in total.